The van der Waals surface area contributed by atoms with Crippen LogP contribution in [0.5, 0.6) is 5.75 Å². The molecule has 2 amide bonds. The minimum Gasteiger partial charge on any atom is -0.494 e. The van der Waals surface area contributed by atoms with Gasteiger partial charge in [0.25, 0.3) is 22.9 Å². The minimum atomic E-state index is -0.339. The summed E-state index contributed by atoms with van der Waals surface area (Å²) < 4.78 is 9.18. The fraction of sp³-hybridized carbons (Fsp3) is 0.561. The van der Waals surface area contributed by atoms with Crippen LogP contribution in [0.3, 0.4) is 0 Å². The zero-order chi connectivity index (χ0) is 35.9. The summed E-state index contributed by atoms with van der Waals surface area (Å²) in [5.74, 6) is 0.151. The predicted molar refractivity (Wildman–Crippen MR) is 202 cm³/mol. The molecule has 0 atom stereocenters. The van der Waals surface area contributed by atoms with E-state index in [2.05, 4.69) is 24.5 Å². The average Bonchev–Trinajstić information content (AvgIpc) is 3.09. The SMILES string of the molecule is CCCCn1c2c(cc(C(=O)NC)c1=O)CCCCCC2.CCCCn1c2c(cc(C(=O)Nc3ccc(OCC)cc3)c1=O)CCCCCC2. The van der Waals surface area contributed by atoms with Crippen molar-refractivity contribution in [3.63, 3.8) is 0 Å². The van der Waals surface area contributed by atoms with Gasteiger partial charge in [0.1, 0.15) is 16.9 Å². The number of fused-ring (bicyclic) bond motifs is 2. The van der Waals surface area contributed by atoms with Gasteiger partial charge in [-0.3, -0.25) is 19.2 Å². The third-order valence-corrected chi connectivity index (χ3v) is 9.81. The summed E-state index contributed by atoms with van der Waals surface area (Å²) >= 11 is 0. The second kappa shape index (κ2) is 19.9. The molecule has 0 fully saturated rings. The summed E-state index contributed by atoms with van der Waals surface area (Å²) in [6, 6.07) is 10.9. The Balaban J connectivity index is 0.000000237. The summed E-state index contributed by atoms with van der Waals surface area (Å²) in [6.07, 6.45) is 17.2. The minimum absolute atomic E-state index is 0.123. The number of benzene rings is 1. The molecule has 0 bridgehead atoms. The molecule has 0 aliphatic heterocycles. The van der Waals surface area contributed by atoms with Crippen molar-refractivity contribution in [2.75, 3.05) is 19.0 Å². The van der Waals surface area contributed by atoms with Gasteiger partial charge in [-0.1, -0.05) is 52.4 Å². The van der Waals surface area contributed by atoms with Gasteiger partial charge < -0.3 is 24.5 Å². The van der Waals surface area contributed by atoms with Gasteiger partial charge in [-0.2, -0.15) is 0 Å². The molecule has 2 aliphatic carbocycles. The van der Waals surface area contributed by atoms with Crippen LogP contribution in [0.1, 0.15) is 141 Å². The van der Waals surface area contributed by atoms with Crippen LogP contribution >= 0.6 is 0 Å². The third kappa shape index (κ3) is 10.2. The smallest absolute Gasteiger partial charge is 0.263 e. The molecule has 1 aromatic carbocycles. The maximum absolute atomic E-state index is 13.2. The van der Waals surface area contributed by atoms with Crippen LogP contribution in [0.15, 0.2) is 46.0 Å². The Hall–Kier alpha value is -4.14. The van der Waals surface area contributed by atoms with E-state index >= 15 is 0 Å². The highest BCUT2D eigenvalue weighted by Crippen LogP contribution is 2.23. The molecule has 0 saturated heterocycles. The molecular formula is C41H58N4O5. The first-order valence-electron chi connectivity index (χ1n) is 19.1. The molecule has 5 rings (SSSR count). The molecule has 9 heteroatoms. The van der Waals surface area contributed by atoms with E-state index in [9.17, 15) is 19.2 Å². The van der Waals surface area contributed by atoms with Crippen molar-refractivity contribution in [3.8, 4) is 5.75 Å². The van der Waals surface area contributed by atoms with Gasteiger partial charge in [0.15, 0.2) is 0 Å². The highest BCUT2D eigenvalue weighted by Gasteiger charge is 2.21. The highest BCUT2D eigenvalue weighted by atomic mass is 16.5. The molecule has 2 aliphatic rings. The van der Waals surface area contributed by atoms with Gasteiger partial charge in [-0.05, 0) is 119 Å². The fourth-order valence-corrected chi connectivity index (χ4v) is 7.03. The van der Waals surface area contributed by atoms with E-state index in [0.717, 1.165) is 101 Å². The maximum atomic E-state index is 13.2. The lowest BCUT2D eigenvalue weighted by atomic mass is 9.95. The first kappa shape index (κ1) is 38.7. The number of nitrogens with one attached hydrogen (secondary N) is 2. The third-order valence-electron chi connectivity index (χ3n) is 9.81. The van der Waals surface area contributed by atoms with E-state index in [4.69, 9.17) is 4.74 Å². The molecule has 50 heavy (non-hydrogen) atoms. The first-order valence-corrected chi connectivity index (χ1v) is 19.1. The van der Waals surface area contributed by atoms with Crippen LogP contribution in [-0.4, -0.2) is 34.6 Å². The van der Waals surface area contributed by atoms with Crippen LogP contribution in [0.2, 0.25) is 0 Å². The Morgan fingerprint density at radius 2 is 1.12 bits per heavy atom. The number of pyridine rings is 2. The number of amides is 2. The Morgan fingerprint density at radius 3 is 1.56 bits per heavy atom. The largest absolute Gasteiger partial charge is 0.494 e. The van der Waals surface area contributed by atoms with Crippen molar-refractivity contribution < 1.29 is 14.3 Å². The molecular weight excluding hydrogens is 628 g/mol. The van der Waals surface area contributed by atoms with Crippen LogP contribution in [0.4, 0.5) is 5.69 Å². The van der Waals surface area contributed by atoms with Crippen molar-refractivity contribution in [2.45, 2.75) is 137 Å². The molecule has 2 heterocycles. The van der Waals surface area contributed by atoms with Gasteiger partial charge in [0.2, 0.25) is 0 Å². The van der Waals surface area contributed by atoms with Gasteiger partial charge in [-0.25, -0.2) is 0 Å². The molecule has 0 unspecified atom stereocenters. The normalized spacial score (nSPS) is 14.3. The summed E-state index contributed by atoms with van der Waals surface area (Å²) in [7, 11) is 1.58. The van der Waals surface area contributed by atoms with Gasteiger partial charge in [0, 0.05) is 37.2 Å². The number of unbranched alkanes of at least 4 members (excludes halogenated alkanes) is 2. The van der Waals surface area contributed by atoms with Crippen molar-refractivity contribution in [2.24, 2.45) is 0 Å². The highest BCUT2D eigenvalue weighted by molar-refractivity contribution is 6.04. The Labute approximate surface area is 297 Å². The Kier molecular flexibility index (Phi) is 15.4. The molecule has 9 nitrogen and oxygen atoms in total. The predicted octanol–water partition coefficient (Wildman–Crippen LogP) is 7.63. The zero-order valence-electron chi connectivity index (χ0n) is 30.8. The number of aromatic nitrogens is 2. The second-order valence-corrected chi connectivity index (χ2v) is 13.5. The number of ether oxygens (including phenoxy) is 1. The van der Waals surface area contributed by atoms with Crippen LogP contribution in [0.25, 0.3) is 0 Å². The lowest BCUT2D eigenvalue weighted by molar-refractivity contribution is 0.0959. The number of rotatable bonds is 11. The number of hydrogen-bond donors (Lipinski definition) is 2. The van der Waals surface area contributed by atoms with Gasteiger partial charge >= 0.3 is 0 Å². The topological polar surface area (TPSA) is 111 Å². The Bertz CT molecular complexity index is 1690. The summed E-state index contributed by atoms with van der Waals surface area (Å²) in [5, 5.41) is 5.47. The Morgan fingerprint density at radius 1 is 0.660 bits per heavy atom. The number of nitrogens with zero attached hydrogens (tertiary/aromatic N) is 2. The second-order valence-electron chi connectivity index (χ2n) is 13.5. The molecule has 272 valence electrons. The van der Waals surface area contributed by atoms with E-state index < -0.39 is 0 Å². The number of hydrogen-bond acceptors (Lipinski definition) is 5. The van der Waals surface area contributed by atoms with Crippen molar-refractivity contribution in [1.82, 2.24) is 14.5 Å². The van der Waals surface area contributed by atoms with E-state index in [-0.39, 0.29) is 28.5 Å². The van der Waals surface area contributed by atoms with Crippen LogP contribution < -0.4 is 26.5 Å². The van der Waals surface area contributed by atoms with Crippen LogP contribution in [-0.2, 0) is 38.8 Å². The fourth-order valence-electron chi connectivity index (χ4n) is 7.03. The lowest BCUT2D eigenvalue weighted by Gasteiger charge is -2.21. The van der Waals surface area contributed by atoms with Crippen molar-refractivity contribution in [3.05, 3.63) is 90.7 Å². The molecule has 2 N–H and O–H groups in total. The maximum Gasteiger partial charge on any atom is 0.263 e. The number of carbonyl (C=O) groups is 2. The molecule has 0 saturated carbocycles. The number of aryl methyl sites for hydroxylation is 2. The number of carbonyl (C=O) groups excluding carboxylic acids is 2. The monoisotopic (exact) mass is 686 g/mol. The zero-order valence-corrected chi connectivity index (χ0v) is 30.8. The van der Waals surface area contributed by atoms with Gasteiger partial charge in [-0.15, -0.1) is 0 Å². The molecule has 0 spiro atoms. The van der Waals surface area contributed by atoms with Crippen molar-refractivity contribution in [1.29, 1.82) is 0 Å². The standard InChI is InChI=1S/C24H32N2O3.C17H26N2O2/c1-3-5-16-26-22-11-9-7-6-8-10-18(22)17-21(24(26)28)23(27)25-19-12-14-20(15-13-19)29-4-2;1-3-4-11-19-15-10-8-6-5-7-9-13(15)12-14(17(19)21)16(20)18-2/h12-15,17H,3-11,16H2,1-2H3,(H,25,27);12H,3-11H2,1-2H3,(H,18,20). The van der Waals surface area contributed by atoms with E-state index in [1.807, 2.05) is 40.3 Å². The quantitative estimate of drug-likeness (QED) is 0.216. The summed E-state index contributed by atoms with van der Waals surface area (Å²) in [5.41, 5.74) is 5.58. The molecule has 3 aromatic rings. The van der Waals surface area contributed by atoms with Crippen molar-refractivity contribution >= 4 is 17.5 Å². The molecule has 2 aromatic heterocycles. The lowest BCUT2D eigenvalue weighted by Crippen LogP contribution is -2.34. The average molecular weight is 687 g/mol. The number of anilines is 1. The first-order chi connectivity index (χ1) is 24.3. The van der Waals surface area contributed by atoms with Crippen LogP contribution in [0, 0.1) is 0 Å². The van der Waals surface area contributed by atoms with E-state index in [1.54, 1.807) is 19.2 Å². The summed E-state index contributed by atoms with van der Waals surface area (Å²) in [6.45, 7) is 8.18. The van der Waals surface area contributed by atoms with E-state index in [1.165, 1.54) is 36.9 Å². The van der Waals surface area contributed by atoms with Gasteiger partial charge in [0.05, 0.1) is 6.61 Å². The van der Waals surface area contributed by atoms with E-state index in [0.29, 0.717) is 24.4 Å². The molecule has 0 radical (unpaired) electrons. The summed E-state index contributed by atoms with van der Waals surface area (Å²) in [4.78, 5) is 50.8.